The van der Waals surface area contributed by atoms with E-state index in [2.05, 4.69) is 24.5 Å². The molecule has 0 radical (unpaired) electrons. The van der Waals surface area contributed by atoms with Crippen LogP contribution in [0, 0.1) is 13.8 Å². The van der Waals surface area contributed by atoms with Crippen molar-refractivity contribution in [3.05, 3.63) is 71.6 Å². The molecule has 1 aliphatic heterocycles. The highest BCUT2D eigenvalue weighted by Crippen LogP contribution is 2.27. The van der Waals surface area contributed by atoms with Gasteiger partial charge in [0.25, 0.3) is 5.91 Å². The predicted molar refractivity (Wildman–Crippen MR) is 105 cm³/mol. The standard InChI is InChI=1S/C21H24N6O/c1-15-12-19(25-16(2)24-15)21(28)27-10-3-4-18(14-27)20-23-9-11-26(20)13-17-5-7-22-8-6-17/h5-9,11-12,18H,3-4,10,13-14H2,1-2H3/t18-/m0/s1. The van der Waals surface area contributed by atoms with E-state index in [1.807, 2.05) is 43.3 Å². The number of aromatic nitrogens is 5. The quantitative estimate of drug-likeness (QED) is 0.700. The van der Waals surface area contributed by atoms with E-state index in [0.29, 0.717) is 18.1 Å². The van der Waals surface area contributed by atoms with Crippen molar-refractivity contribution in [2.75, 3.05) is 13.1 Å². The molecule has 3 aromatic rings. The molecular weight excluding hydrogens is 352 g/mol. The first kappa shape index (κ1) is 18.3. The summed E-state index contributed by atoms with van der Waals surface area (Å²) in [5, 5.41) is 0. The molecule has 28 heavy (non-hydrogen) atoms. The van der Waals surface area contributed by atoms with Crippen molar-refractivity contribution < 1.29 is 4.79 Å². The lowest BCUT2D eigenvalue weighted by atomic mass is 9.96. The average Bonchev–Trinajstić information content (AvgIpc) is 3.15. The van der Waals surface area contributed by atoms with Gasteiger partial charge in [-0.25, -0.2) is 15.0 Å². The Hall–Kier alpha value is -3.09. The van der Waals surface area contributed by atoms with E-state index in [4.69, 9.17) is 0 Å². The van der Waals surface area contributed by atoms with E-state index in [1.165, 1.54) is 5.56 Å². The number of hydrogen-bond donors (Lipinski definition) is 0. The maximum atomic E-state index is 13.0. The molecule has 7 nitrogen and oxygen atoms in total. The summed E-state index contributed by atoms with van der Waals surface area (Å²) in [4.78, 5) is 32.2. The maximum absolute atomic E-state index is 13.0. The molecule has 1 aliphatic rings. The van der Waals surface area contributed by atoms with Crippen molar-refractivity contribution in [1.82, 2.24) is 29.4 Å². The molecule has 1 saturated heterocycles. The van der Waals surface area contributed by atoms with Gasteiger partial charge in [-0.3, -0.25) is 9.78 Å². The van der Waals surface area contributed by atoms with Gasteiger partial charge in [0.05, 0.1) is 0 Å². The summed E-state index contributed by atoms with van der Waals surface area (Å²) in [6, 6.07) is 5.80. The number of likely N-dealkylation sites (tertiary alicyclic amines) is 1. The number of rotatable bonds is 4. The lowest BCUT2D eigenvalue weighted by Gasteiger charge is -2.32. The fourth-order valence-corrected chi connectivity index (χ4v) is 3.86. The van der Waals surface area contributed by atoms with Crippen molar-refractivity contribution in [2.24, 2.45) is 0 Å². The minimum atomic E-state index is -0.0226. The second-order valence-corrected chi connectivity index (χ2v) is 7.30. The summed E-state index contributed by atoms with van der Waals surface area (Å²) in [7, 11) is 0. The van der Waals surface area contributed by atoms with Crippen LogP contribution in [0.5, 0.6) is 0 Å². The lowest BCUT2D eigenvalue weighted by molar-refractivity contribution is 0.0697. The van der Waals surface area contributed by atoms with Gasteiger partial charge in [0.1, 0.15) is 17.3 Å². The van der Waals surface area contributed by atoms with E-state index in [-0.39, 0.29) is 11.8 Å². The number of nitrogens with zero attached hydrogens (tertiary/aromatic N) is 6. The van der Waals surface area contributed by atoms with Crippen LogP contribution in [-0.4, -0.2) is 48.4 Å². The number of amides is 1. The van der Waals surface area contributed by atoms with Crippen molar-refractivity contribution in [2.45, 2.75) is 39.2 Å². The van der Waals surface area contributed by atoms with Crippen LogP contribution in [0.2, 0.25) is 0 Å². The second-order valence-electron chi connectivity index (χ2n) is 7.30. The molecule has 7 heteroatoms. The van der Waals surface area contributed by atoms with Crippen LogP contribution in [0.15, 0.2) is 43.0 Å². The Morgan fingerprint density at radius 2 is 2.00 bits per heavy atom. The molecule has 0 N–H and O–H groups in total. The first-order valence-electron chi connectivity index (χ1n) is 9.61. The minimum Gasteiger partial charge on any atom is -0.337 e. The Morgan fingerprint density at radius 3 is 2.79 bits per heavy atom. The third-order valence-electron chi connectivity index (χ3n) is 5.11. The molecule has 0 spiro atoms. The highest BCUT2D eigenvalue weighted by atomic mass is 16.2. The fourth-order valence-electron chi connectivity index (χ4n) is 3.86. The number of piperidine rings is 1. The van der Waals surface area contributed by atoms with Crippen LogP contribution < -0.4 is 0 Å². The molecular formula is C21H24N6O. The normalized spacial score (nSPS) is 16.9. The molecule has 0 aromatic carbocycles. The van der Waals surface area contributed by atoms with Gasteiger partial charge in [-0.1, -0.05) is 0 Å². The Labute approximate surface area is 164 Å². The van der Waals surface area contributed by atoms with Crippen LogP contribution in [0.3, 0.4) is 0 Å². The van der Waals surface area contributed by atoms with Gasteiger partial charge in [0, 0.05) is 56.0 Å². The average molecular weight is 376 g/mol. The first-order valence-corrected chi connectivity index (χ1v) is 9.61. The smallest absolute Gasteiger partial charge is 0.272 e. The molecule has 144 valence electrons. The summed E-state index contributed by atoms with van der Waals surface area (Å²) in [5.41, 5.74) is 2.48. The molecule has 4 rings (SSSR count). The molecule has 0 aliphatic carbocycles. The zero-order valence-corrected chi connectivity index (χ0v) is 16.2. The lowest BCUT2D eigenvalue weighted by Crippen LogP contribution is -2.40. The number of imidazole rings is 1. The van der Waals surface area contributed by atoms with Gasteiger partial charge in [0.15, 0.2) is 0 Å². The number of carbonyl (C=O) groups excluding carboxylic acids is 1. The van der Waals surface area contributed by atoms with Crippen molar-refractivity contribution in [1.29, 1.82) is 0 Å². The largest absolute Gasteiger partial charge is 0.337 e. The van der Waals surface area contributed by atoms with Crippen LogP contribution in [0.1, 0.15) is 52.2 Å². The Bertz CT molecular complexity index is 948. The van der Waals surface area contributed by atoms with E-state index < -0.39 is 0 Å². The molecule has 0 bridgehead atoms. The summed E-state index contributed by atoms with van der Waals surface area (Å²) >= 11 is 0. The molecule has 1 fully saturated rings. The van der Waals surface area contributed by atoms with Gasteiger partial charge < -0.3 is 9.47 Å². The number of pyridine rings is 1. The van der Waals surface area contributed by atoms with Gasteiger partial charge in [-0.05, 0) is 50.5 Å². The van der Waals surface area contributed by atoms with Crippen molar-refractivity contribution >= 4 is 5.91 Å². The van der Waals surface area contributed by atoms with Gasteiger partial charge >= 0.3 is 0 Å². The van der Waals surface area contributed by atoms with E-state index >= 15 is 0 Å². The topological polar surface area (TPSA) is 76.8 Å². The van der Waals surface area contributed by atoms with E-state index in [9.17, 15) is 4.79 Å². The monoisotopic (exact) mass is 376 g/mol. The maximum Gasteiger partial charge on any atom is 0.272 e. The van der Waals surface area contributed by atoms with Crippen molar-refractivity contribution in [3.8, 4) is 0 Å². The van der Waals surface area contributed by atoms with E-state index in [0.717, 1.165) is 37.4 Å². The van der Waals surface area contributed by atoms with Crippen LogP contribution >= 0.6 is 0 Å². The summed E-state index contributed by atoms with van der Waals surface area (Å²) in [6.45, 7) is 5.88. The predicted octanol–water partition coefficient (Wildman–Crippen LogP) is 2.75. The van der Waals surface area contributed by atoms with Crippen LogP contribution in [-0.2, 0) is 6.54 Å². The highest BCUT2D eigenvalue weighted by Gasteiger charge is 2.28. The SMILES string of the molecule is Cc1cc(C(=O)N2CCC[C@H](c3nccn3Cc3ccncc3)C2)nc(C)n1. The minimum absolute atomic E-state index is 0.0226. The van der Waals surface area contributed by atoms with Crippen LogP contribution in [0.4, 0.5) is 0 Å². The Balaban J connectivity index is 1.52. The zero-order chi connectivity index (χ0) is 19.5. The highest BCUT2D eigenvalue weighted by molar-refractivity contribution is 5.92. The van der Waals surface area contributed by atoms with Gasteiger partial charge in [-0.2, -0.15) is 0 Å². The van der Waals surface area contributed by atoms with Gasteiger partial charge in [-0.15, -0.1) is 0 Å². The molecule has 0 unspecified atom stereocenters. The van der Waals surface area contributed by atoms with Crippen LogP contribution in [0.25, 0.3) is 0 Å². The Kier molecular flexibility index (Phi) is 5.14. The van der Waals surface area contributed by atoms with Gasteiger partial charge in [0.2, 0.25) is 0 Å². The number of hydrogen-bond acceptors (Lipinski definition) is 5. The van der Waals surface area contributed by atoms with E-state index in [1.54, 1.807) is 18.5 Å². The summed E-state index contributed by atoms with van der Waals surface area (Å²) < 4.78 is 2.17. The molecule has 1 amide bonds. The zero-order valence-electron chi connectivity index (χ0n) is 16.2. The number of carbonyl (C=O) groups is 1. The first-order chi connectivity index (χ1) is 13.6. The Morgan fingerprint density at radius 1 is 1.18 bits per heavy atom. The molecule has 4 heterocycles. The summed E-state index contributed by atoms with van der Waals surface area (Å²) in [5.74, 6) is 1.86. The second kappa shape index (κ2) is 7.88. The molecule has 3 aromatic heterocycles. The number of aryl methyl sites for hydroxylation is 2. The molecule has 0 saturated carbocycles. The third-order valence-corrected chi connectivity index (χ3v) is 5.11. The third kappa shape index (κ3) is 3.93. The molecule has 1 atom stereocenters. The fraction of sp³-hybridized carbons (Fsp3) is 0.381. The summed E-state index contributed by atoms with van der Waals surface area (Å²) in [6.07, 6.45) is 9.44. The van der Waals surface area contributed by atoms with Crippen molar-refractivity contribution in [3.63, 3.8) is 0 Å².